The van der Waals surface area contributed by atoms with Crippen molar-refractivity contribution >= 4 is 17.4 Å². The lowest BCUT2D eigenvalue weighted by molar-refractivity contribution is -0.140. The molecule has 110 valence electrons. The van der Waals surface area contributed by atoms with E-state index in [1.54, 1.807) is 0 Å². The molecule has 1 aromatic carbocycles. The molecule has 0 saturated heterocycles. The summed E-state index contributed by atoms with van der Waals surface area (Å²) < 4.78 is 47.6. The van der Waals surface area contributed by atoms with Crippen LogP contribution < -0.4 is 4.74 Å². The molecule has 20 heavy (non-hydrogen) atoms. The normalized spacial score (nSPS) is 12.2. The summed E-state index contributed by atoms with van der Waals surface area (Å²) in [4.78, 5) is 14.5. The summed E-state index contributed by atoms with van der Waals surface area (Å²) in [5.41, 5.74) is -0.879. The molecule has 0 atom stereocenters. The van der Waals surface area contributed by atoms with Crippen LogP contribution in [0.25, 0.3) is 0 Å². The van der Waals surface area contributed by atoms with E-state index < -0.39 is 24.3 Å². The number of hydrogen-bond donors (Lipinski definition) is 0. The van der Waals surface area contributed by atoms with Crippen LogP contribution in [-0.2, 0) is 9.53 Å². The fraction of sp³-hybridized carbons (Fsp3) is 0.385. The Morgan fingerprint density at radius 2 is 1.75 bits per heavy atom. The van der Waals surface area contributed by atoms with Gasteiger partial charge in [0, 0.05) is 6.42 Å². The van der Waals surface area contributed by atoms with Gasteiger partial charge in [-0.1, -0.05) is 0 Å². The Kier molecular flexibility index (Phi) is 5.54. The molecule has 0 heterocycles. The number of ether oxygens (including phenoxy) is 2. The van der Waals surface area contributed by atoms with E-state index in [4.69, 9.17) is 4.74 Å². The van der Waals surface area contributed by atoms with Crippen LogP contribution in [0.3, 0.4) is 0 Å². The van der Waals surface area contributed by atoms with Crippen molar-refractivity contribution in [1.29, 1.82) is 0 Å². The fourth-order valence-corrected chi connectivity index (χ4v) is 1.40. The van der Waals surface area contributed by atoms with Crippen molar-refractivity contribution in [3.63, 3.8) is 0 Å². The number of hydrogen-bond acceptors (Lipinski definition) is 4. The monoisotopic (exact) mass is 289 g/mol. The van der Waals surface area contributed by atoms with Crippen molar-refractivity contribution in [2.45, 2.75) is 19.0 Å². The molecule has 0 aromatic heterocycles. The van der Waals surface area contributed by atoms with Gasteiger partial charge < -0.3 is 9.47 Å². The number of alkyl halides is 3. The van der Waals surface area contributed by atoms with E-state index in [9.17, 15) is 18.0 Å². The van der Waals surface area contributed by atoms with Crippen molar-refractivity contribution in [2.24, 2.45) is 4.99 Å². The van der Waals surface area contributed by atoms with E-state index >= 15 is 0 Å². The number of aliphatic imine (C=N–C) groups is 1. The third-order valence-corrected chi connectivity index (χ3v) is 2.46. The molecule has 0 aliphatic carbocycles. The van der Waals surface area contributed by atoms with Crippen molar-refractivity contribution < 1.29 is 27.4 Å². The molecule has 0 amide bonds. The maximum absolute atomic E-state index is 12.8. The molecule has 0 aliphatic heterocycles. The highest BCUT2D eigenvalue weighted by Gasteiger charge is 2.35. The number of rotatable bonds is 5. The number of carbonyl (C=O) groups is 1. The van der Waals surface area contributed by atoms with Gasteiger partial charge in [0.25, 0.3) is 0 Å². The molecule has 7 heteroatoms. The highest BCUT2D eigenvalue weighted by Crippen LogP contribution is 2.25. The molecule has 4 nitrogen and oxygen atoms in total. The minimum absolute atomic E-state index is 0.142. The molecular weight excluding hydrogens is 275 g/mol. The summed E-state index contributed by atoms with van der Waals surface area (Å²) in [6.07, 6.45) is -5.48. The van der Waals surface area contributed by atoms with Crippen molar-refractivity contribution in [1.82, 2.24) is 0 Å². The second kappa shape index (κ2) is 6.93. The highest BCUT2D eigenvalue weighted by molar-refractivity contribution is 5.93. The lowest BCUT2D eigenvalue weighted by Crippen LogP contribution is -2.23. The topological polar surface area (TPSA) is 47.9 Å². The smallest absolute Gasteiger partial charge is 0.429 e. The SMILES string of the molecule is COC(=O)CCC(=Nc1ccc(OC)cc1)C(F)(F)F. The van der Waals surface area contributed by atoms with Crippen LogP contribution in [-0.4, -0.2) is 32.1 Å². The third kappa shape index (κ3) is 4.91. The average molecular weight is 289 g/mol. The number of esters is 1. The minimum atomic E-state index is -4.59. The molecule has 0 spiro atoms. The van der Waals surface area contributed by atoms with E-state index in [2.05, 4.69) is 9.73 Å². The van der Waals surface area contributed by atoms with Crippen LogP contribution in [0.2, 0.25) is 0 Å². The van der Waals surface area contributed by atoms with Crippen LogP contribution in [0.1, 0.15) is 12.8 Å². The number of methoxy groups -OCH3 is 2. The Morgan fingerprint density at radius 1 is 1.15 bits per heavy atom. The van der Waals surface area contributed by atoms with E-state index in [-0.39, 0.29) is 12.1 Å². The predicted molar refractivity (Wildman–Crippen MR) is 67.4 cm³/mol. The van der Waals surface area contributed by atoms with Crippen LogP contribution in [0.4, 0.5) is 18.9 Å². The number of benzene rings is 1. The summed E-state index contributed by atoms with van der Waals surface area (Å²) in [7, 11) is 2.58. The van der Waals surface area contributed by atoms with Gasteiger partial charge >= 0.3 is 12.1 Å². The van der Waals surface area contributed by atoms with Crippen LogP contribution in [0, 0.1) is 0 Å². The molecule has 0 aliphatic rings. The fourth-order valence-electron chi connectivity index (χ4n) is 1.40. The molecule has 0 bridgehead atoms. The van der Waals surface area contributed by atoms with Gasteiger partial charge in [0.1, 0.15) is 11.5 Å². The summed E-state index contributed by atoms with van der Waals surface area (Å²) in [5.74, 6) is -0.191. The molecule has 0 radical (unpaired) electrons. The third-order valence-electron chi connectivity index (χ3n) is 2.46. The quantitative estimate of drug-likeness (QED) is 0.617. The summed E-state index contributed by atoms with van der Waals surface area (Å²) in [5, 5.41) is 0. The van der Waals surface area contributed by atoms with Gasteiger partial charge in [-0.2, -0.15) is 13.2 Å². The zero-order valence-corrected chi connectivity index (χ0v) is 11.0. The second-order valence-corrected chi connectivity index (χ2v) is 3.83. The van der Waals surface area contributed by atoms with E-state index in [1.807, 2.05) is 0 Å². The van der Waals surface area contributed by atoms with E-state index in [0.29, 0.717) is 5.75 Å². The average Bonchev–Trinajstić information content (AvgIpc) is 2.42. The number of halogens is 3. The summed E-state index contributed by atoms with van der Waals surface area (Å²) in [6.45, 7) is 0. The van der Waals surface area contributed by atoms with Gasteiger partial charge in [0.2, 0.25) is 0 Å². The van der Waals surface area contributed by atoms with Crippen molar-refractivity contribution in [3.8, 4) is 5.75 Å². The highest BCUT2D eigenvalue weighted by atomic mass is 19.4. The van der Waals surface area contributed by atoms with Gasteiger partial charge in [-0.05, 0) is 24.3 Å². The Hall–Kier alpha value is -2.05. The standard InChI is InChI=1S/C13H14F3NO3/c1-19-10-5-3-9(4-6-10)17-11(13(14,15)16)7-8-12(18)20-2/h3-6H,7-8H2,1-2H3. The van der Waals surface area contributed by atoms with Gasteiger partial charge in [0.05, 0.1) is 26.3 Å². The minimum Gasteiger partial charge on any atom is -0.497 e. The van der Waals surface area contributed by atoms with Crippen LogP contribution in [0.5, 0.6) is 5.75 Å². The Morgan fingerprint density at radius 3 is 2.20 bits per heavy atom. The Balaban J connectivity index is 2.91. The first kappa shape index (κ1) is 16.0. The maximum atomic E-state index is 12.8. The first-order valence-corrected chi connectivity index (χ1v) is 5.72. The Bertz CT molecular complexity index is 481. The zero-order chi connectivity index (χ0) is 15.2. The molecule has 0 N–H and O–H groups in total. The van der Waals surface area contributed by atoms with E-state index in [0.717, 1.165) is 7.11 Å². The first-order valence-electron chi connectivity index (χ1n) is 5.72. The summed E-state index contributed by atoms with van der Waals surface area (Å²) in [6, 6.07) is 5.83. The zero-order valence-electron chi connectivity index (χ0n) is 11.0. The van der Waals surface area contributed by atoms with Crippen LogP contribution >= 0.6 is 0 Å². The lowest BCUT2D eigenvalue weighted by Gasteiger charge is -2.10. The molecule has 0 unspecified atom stereocenters. The van der Waals surface area contributed by atoms with Gasteiger partial charge in [0.15, 0.2) is 0 Å². The van der Waals surface area contributed by atoms with Gasteiger partial charge in [-0.15, -0.1) is 0 Å². The molecule has 1 aromatic rings. The molecule has 1 rings (SSSR count). The van der Waals surface area contributed by atoms with Gasteiger partial charge in [-0.3, -0.25) is 4.79 Å². The van der Waals surface area contributed by atoms with Crippen molar-refractivity contribution in [3.05, 3.63) is 24.3 Å². The van der Waals surface area contributed by atoms with Crippen LogP contribution in [0.15, 0.2) is 29.3 Å². The predicted octanol–water partition coefficient (Wildman–Crippen LogP) is 3.28. The maximum Gasteiger partial charge on any atom is 0.429 e. The largest absolute Gasteiger partial charge is 0.497 e. The Labute approximate surface area is 114 Å². The number of carbonyl (C=O) groups excluding carboxylic acids is 1. The number of nitrogens with zero attached hydrogens (tertiary/aromatic N) is 1. The molecular formula is C13H14F3NO3. The first-order chi connectivity index (χ1) is 9.36. The van der Waals surface area contributed by atoms with Crippen molar-refractivity contribution in [2.75, 3.05) is 14.2 Å². The van der Waals surface area contributed by atoms with E-state index in [1.165, 1.54) is 31.4 Å². The lowest BCUT2D eigenvalue weighted by atomic mass is 10.2. The second-order valence-electron chi connectivity index (χ2n) is 3.83. The molecule has 0 saturated carbocycles. The summed E-state index contributed by atoms with van der Waals surface area (Å²) >= 11 is 0. The molecule has 0 fully saturated rings. The van der Waals surface area contributed by atoms with Gasteiger partial charge in [-0.25, -0.2) is 4.99 Å².